The molecule has 0 unspecified atom stereocenters. The maximum atomic E-state index is 4.72. The Balaban J connectivity index is 1.68. The smallest absolute Gasteiger partial charge is 0.229 e. The van der Waals surface area contributed by atoms with E-state index in [0.29, 0.717) is 12.5 Å². The molecule has 1 aromatic heterocycles. The van der Waals surface area contributed by atoms with Crippen LogP contribution in [-0.2, 0) is 6.54 Å². The average molecular weight is 340 g/mol. The first-order valence-corrected chi connectivity index (χ1v) is 8.67. The summed E-state index contributed by atoms with van der Waals surface area (Å²) in [4.78, 5) is 9.38. The van der Waals surface area contributed by atoms with Crippen molar-refractivity contribution in [3.8, 4) is 0 Å². The molecule has 3 aromatic carbocycles. The van der Waals surface area contributed by atoms with Crippen molar-refractivity contribution in [3.05, 3.63) is 90.0 Å². The van der Waals surface area contributed by atoms with E-state index in [4.69, 9.17) is 4.98 Å². The van der Waals surface area contributed by atoms with Crippen LogP contribution in [0.4, 0.5) is 17.5 Å². The van der Waals surface area contributed by atoms with Crippen LogP contribution in [0.1, 0.15) is 11.1 Å². The number of aromatic nitrogens is 2. The van der Waals surface area contributed by atoms with Gasteiger partial charge >= 0.3 is 0 Å². The molecule has 26 heavy (non-hydrogen) atoms. The normalized spacial score (nSPS) is 10.7. The van der Waals surface area contributed by atoms with E-state index in [1.807, 2.05) is 60.7 Å². The second-order valence-corrected chi connectivity index (χ2v) is 6.19. The molecule has 0 aliphatic heterocycles. The number of para-hydroxylation sites is 2. The number of hydrogen-bond acceptors (Lipinski definition) is 4. The van der Waals surface area contributed by atoms with Gasteiger partial charge in [0.05, 0.1) is 5.52 Å². The molecule has 4 rings (SSSR count). The van der Waals surface area contributed by atoms with Gasteiger partial charge in [-0.1, -0.05) is 60.7 Å². The molecule has 0 spiro atoms. The van der Waals surface area contributed by atoms with Crippen molar-refractivity contribution in [2.45, 2.75) is 13.5 Å². The van der Waals surface area contributed by atoms with Crippen LogP contribution in [0, 0.1) is 6.92 Å². The number of benzene rings is 3. The molecule has 2 N–H and O–H groups in total. The fraction of sp³-hybridized carbons (Fsp3) is 0.0909. The second kappa shape index (κ2) is 7.23. The van der Waals surface area contributed by atoms with Crippen molar-refractivity contribution in [1.29, 1.82) is 0 Å². The first-order chi connectivity index (χ1) is 12.8. The Morgan fingerprint density at radius 1 is 0.769 bits per heavy atom. The summed E-state index contributed by atoms with van der Waals surface area (Å²) >= 11 is 0. The van der Waals surface area contributed by atoms with Crippen molar-refractivity contribution in [1.82, 2.24) is 9.97 Å². The molecule has 4 nitrogen and oxygen atoms in total. The van der Waals surface area contributed by atoms with Crippen molar-refractivity contribution in [2.75, 3.05) is 10.6 Å². The molecule has 0 atom stereocenters. The van der Waals surface area contributed by atoms with Crippen LogP contribution < -0.4 is 10.6 Å². The third-order valence-corrected chi connectivity index (χ3v) is 4.30. The van der Waals surface area contributed by atoms with Gasteiger partial charge in [-0.3, -0.25) is 0 Å². The van der Waals surface area contributed by atoms with Crippen molar-refractivity contribution in [3.63, 3.8) is 0 Å². The summed E-state index contributed by atoms with van der Waals surface area (Å²) in [6.45, 7) is 2.78. The van der Waals surface area contributed by atoms with Crippen molar-refractivity contribution in [2.24, 2.45) is 0 Å². The lowest BCUT2D eigenvalue weighted by atomic mass is 10.2. The summed E-state index contributed by atoms with van der Waals surface area (Å²) in [5.74, 6) is 1.42. The Kier molecular flexibility index (Phi) is 4.48. The maximum Gasteiger partial charge on any atom is 0.229 e. The van der Waals surface area contributed by atoms with Crippen LogP contribution in [0.5, 0.6) is 0 Å². The van der Waals surface area contributed by atoms with Gasteiger partial charge in [0.15, 0.2) is 0 Å². The minimum atomic E-state index is 0.591. The molecule has 128 valence electrons. The lowest BCUT2D eigenvalue weighted by Crippen LogP contribution is -2.06. The van der Waals surface area contributed by atoms with E-state index in [9.17, 15) is 0 Å². The van der Waals surface area contributed by atoms with Gasteiger partial charge in [-0.15, -0.1) is 0 Å². The van der Waals surface area contributed by atoms with Crippen LogP contribution in [-0.4, -0.2) is 9.97 Å². The van der Waals surface area contributed by atoms with Crippen LogP contribution in [0.15, 0.2) is 78.9 Å². The molecule has 0 fully saturated rings. The van der Waals surface area contributed by atoms with E-state index < -0.39 is 0 Å². The number of nitrogens with zero attached hydrogens (tertiary/aromatic N) is 2. The third-order valence-electron chi connectivity index (χ3n) is 4.30. The SMILES string of the molecule is Cc1ccccc1Nc1nc(NCc2ccccc2)c2ccccc2n1. The summed E-state index contributed by atoms with van der Waals surface area (Å²) < 4.78 is 0. The first-order valence-electron chi connectivity index (χ1n) is 8.67. The predicted molar refractivity (Wildman–Crippen MR) is 108 cm³/mol. The Labute approximate surface area is 152 Å². The highest BCUT2D eigenvalue weighted by Gasteiger charge is 2.08. The highest BCUT2D eigenvalue weighted by molar-refractivity contribution is 5.90. The minimum absolute atomic E-state index is 0.591. The number of anilines is 3. The highest BCUT2D eigenvalue weighted by Crippen LogP contribution is 2.25. The zero-order valence-electron chi connectivity index (χ0n) is 14.6. The van der Waals surface area contributed by atoms with E-state index in [1.165, 1.54) is 5.56 Å². The summed E-state index contributed by atoms with van der Waals surface area (Å²) in [6.07, 6.45) is 0. The molecule has 1 heterocycles. The molecule has 0 aliphatic rings. The molecular weight excluding hydrogens is 320 g/mol. The van der Waals surface area contributed by atoms with Gasteiger partial charge in [0.2, 0.25) is 5.95 Å². The van der Waals surface area contributed by atoms with Crippen LogP contribution in [0.3, 0.4) is 0 Å². The quantitative estimate of drug-likeness (QED) is 0.518. The number of nitrogens with one attached hydrogen (secondary N) is 2. The zero-order valence-corrected chi connectivity index (χ0v) is 14.6. The van der Waals surface area contributed by atoms with Gasteiger partial charge in [-0.25, -0.2) is 4.98 Å². The fourth-order valence-electron chi connectivity index (χ4n) is 2.88. The van der Waals surface area contributed by atoms with Gasteiger partial charge in [-0.05, 0) is 36.2 Å². The van der Waals surface area contributed by atoms with Crippen LogP contribution in [0.25, 0.3) is 10.9 Å². The van der Waals surface area contributed by atoms with E-state index in [2.05, 4.69) is 40.7 Å². The van der Waals surface area contributed by atoms with Crippen molar-refractivity contribution < 1.29 is 0 Å². The molecule has 0 aliphatic carbocycles. The Hall–Kier alpha value is -3.40. The maximum absolute atomic E-state index is 4.72. The third kappa shape index (κ3) is 3.49. The Morgan fingerprint density at radius 2 is 1.50 bits per heavy atom. The lowest BCUT2D eigenvalue weighted by Gasteiger charge is -2.13. The number of fused-ring (bicyclic) bond motifs is 1. The van der Waals surface area contributed by atoms with Gasteiger partial charge in [-0.2, -0.15) is 4.98 Å². The Bertz CT molecular complexity index is 1030. The fourth-order valence-corrected chi connectivity index (χ4v) is 2.88. The summed E-state index contributed by atoms with van der Waals surface area (Å²) in [5, 5.41) is 7.81. The Morgan fingerprint density at radius 3 is 2.35 bits per heavy atom. The van der Waals surface area contributed by atoms with Gasteiger partial charge in [0, 0.05) is 17.6 Å². The number of aryl methyl sites for hydroxylation is 1. The summed E-state index contributed by atoms with van der Waals surface area (Å²) in [5.41, 5.74) is 4.29. The molecule has 0 radical (unpaired) electrons. The summed E-state index contributed by atoms with van der Waals surface area (Å²) in [6, 6.07) is 26.5. The zero-order chi connectivity index (χ0) is 17.8. The molecule has 0 bridgehead atoms. The number of rotatable bonds is 5. The topological polar surface area (TPSA) is 49.8 Å². The molecule has 4 aromatic rings. The molecular formula is C22H20N4. The monoisotopic (exact) mass is 340 g/mol. The number of hydrogen-bond donors (Lipinski definition) is 2. The van der Waals surface area contributed by atoms with Crippen molar-refractivity contribution >= 4 is 28.4 Å². The van der Waals surface area contributed by atoms with Crippen LogP contribution >= 0.6 is 0 Å². The summed E-state index contributed by atoms with van der Waals surface area (Å²) in [7, 11) is 0. The molecule has 0 amide bonds. The predicted octanol–water partition coefficient (Wildman–Crippen LogP) is 5.29. The van der Waals surface area contributed by atoms with E-state index in [1.54, 1.807) is 0 Å². The largest absolute Gasteiger partial charge is 0.365 e. The standard InChI is InChI=1S/C22H20N4/c1-16-9-5-7-13-19(16)24-22-25-20-14-8-6-12-18(20)21(26-22)23-15-17-10-3-2-4-11-17/h2-14H,15H2,1H3,(H2,23,24,25,26). The highest BCUT2D eigenvalue weighted by atomic mass is 15.1. The van der Waals surface area contributed by atoms with Gasteiger partial charge < -0.3 is 10.6 Å². The average Bonchev–Trinajstić information content (AvgIpc) is 2.69. The lowest BCUT2D eigenvalue weighted by molar-refractivity contribution is 1.10. The molecule has 0 saturated heterocycles. The van der Waals surface area contributed by atoms with Crippen LogP contribution in [0.2, 0.25) is 0 Å². The minimum Gasteiger partial charge on any atom is -0.365 e. The molecule has 0 saturated carbocycles. The van der Waals surface area contributed by atoms with Gasteiger partial charge in [0.1, 0.15) is 5.82 Å². The molecule has 4 heteroatoms. The van der Waals surface area contributed by atoms with E-state index >= 15 is 0 Å². The first kappa shape index (κ1) is 16.1. The van der Waals surface area contributed by atoms with Gasteiger partial charge in [0.25, 0.3) is 0 Å². The van der Waals surface area contributed by atoms with E-state index in [0.717, 1.165) is 28.0 Å². The second-order valence-electron chi connectivity index (χ2n) is 6.19. The van der Waals surface area contributed by atoms with E-state index in [-0.39, 0.29) is 0 Å².